The van der Waals surface area contributed by atoms with Crippen molar-refractivity contribution in [2.24, 2.45) is 5.73 Å². The third-order valence-corrected chi connectivity index (χ3v) is 3.42. The summed E-state index contributed by atoms with van der Waals surface area (Å²) in [7, 11) is 1.92. The van der Waals surface area contributed by atoms with E-state index in [4.69, 9.17) is 22.7 Å². The van der Waals surface area contributed by atoms with Crippen molar-refractivity contribution in [2.75, 3.05) is 7.05 Å². The van der Waals surface area contributed by atoms with Gasteiger partial charge in [-0.25, -0.2) is 4.39 Å². The maximum atomic E-state index is 14.0. The van der Waals surface area contributed by atoms with E-state index in [1.54, 1.807) is 12.1 Å². The van der Waals surface area contributed by atoms with Crippen LogP contribution in [0.1, 0.15) is 16.7 Å². The number of amidine groups is 1. The van der Waals surface area contributed by atoms with E-state index in [1.807, 2.05) is 36.2 Å². The molecule has 0 aliphatic carbocycles. The van der Waals surface area contributed by atoms with Crippen LogP contribution in [0.5, 0.6) is 0 Å². The van der Waals surface area contributed by atoms with Crippen molar-refractivity contribution in [3.05, 3.63) is 70.0 Å². The molecule has 0 aromatic heterocycles. The van der Waals surface area contributed by atoms with E-state index < -0.39 is 0 Å². The smallest absolute Gasteiger partial charge is 0.128 e. The maximum Gasteiger partial charge on any atom is 0.128 e. The van der Waals surface area contributed by atoms with Crippen molar-refractivity contribution in [3.8, 4) is 0 Å². The van der Waals surface area contributed by atoms with E-state index in [0.29, 0.717) is 29.2 Å². The molecule has 2 aromatic carbocycles. The quantitative estimate of drug-likeness (QED) is 0.657. The highest BCUT2D eigenvalue weighted by Gasteiger charge is 2.08. The fourth-order valence-electron chi connectivity index (χ4n) is 2.09. The van der Waals surface area contributed by atoms with Crippen LogP contribution in [0.3, 0.4) is 0 Å². The molecule has 0 aliphatic rings. The van der Waals surface area contributed by atoms with Gasteiger partial charge in [-0.3, -0.25) is 10.3 Å². The largest absolute Gasteiger partial charge is 0.384 e. The lowest BCUT2D eigenvalue weighted by Crippen LogP contribution is -2.18. The van der Waals surface area contributed by atoms with Crippen LogP contribution in [-0.2, 0) is 13.1 Å². The lowest BCUT2D eigenvalue weighted by atomic mass is 10.1. The second kappa shape index (κ2) is 6.70. The minimum absolute atomic E-state index is 0.130. The molecule has 2 rings (SSSR count). The van der Waals surface area contributed by atoms with E-state index in [0.717, 1.165) is 5.56 Å². The first-order chi connectivity index (χ1) is 9.95. The van der Waals surface area contributed by atoms with Crippen LogP contribution in [0.25, 0.3) is 0 Å². The molecular weight excluding hydrogens is 289 g/mol. The van der Waals surface area contributed by atoms with Gasteiger partial charge in [0.15, 0.2) is 0 Å². The summed E-state index contributed by atoms with van der Waals surface area (Å²) in [5, 5.41) is 8.00. The van der Waals surface area contributed by atoms with Crippen molar-refractivity contribution in [1.29, 1.82) is 5.41 Å². The summed E-state index contributed by atoms with van der Waals surface area (Å²) < 4.78 is 14.0. The zero-order chi connectivity index (χ0) is 15.4. The summed E-state index contributed by atoms with van der Waals surface area (Å²) in [4.78, 5) is 2.01. The van der Waals surface area contributed by atoms with Crippen LogP contribution < -0.4 is 5.73 Å². The van der Waals surface area contributed by atoms with Gasteiger partial charge >= 0.3 is 0 Å². The first kappa shape index (κ1) is 15.5. The van der Waals surface area contributed by atoms with Crippen LogP contribution in [0.4, 0.5) is 4.39 Å². The molecule has 2 aromatic rings. The third kappa shape index (κ3) is 4.28. The first-order valence-electron chi connectivity index (χ1n) is 6.51. The maximum absolute atomic E-state index is 14.0. The number of nitrogen functional groups attached to an aromatic ring is 1. The number of benzene rings is 2. The van der Waals surface area contributed by atoms with Crippen LogP contribution >= 0.6 is 11.6 Å². The Kier molecular flexibility index (Phi) is 4.94. The molecule has 0 spiro atoms. The minimum Gasteiger partial charge on any atom is -0.384 e. The van der Waals surface area contributed by atoms with Crippen LogP contribution in [0.15, 0.2) is 42.5 Å². The minimum atomic E-state index is -0.342. The average Bonchev–Trinajstić information content (AvgIpc) is 2.43. The summed E-state index contributed by atoms with van der Waals surface area (Å²) in [6.07, 6.45) is 0. The Hall–Kier alpha value is -1.91. The highest BCUT2D eigenvalue weighted by atomic mass is 35.5. The fourth-order valence-corrected chi connectivity index (χ4v) is 2.22. The van der Waals surface area contributed by atoms with Gasteiger partial charge in [-0.1, -0.05) is 35.9 Å². The van der Waals surface area contributed by atoms with Crippen molar-refractivity contribution >= 4 is 17.4 Å². The van der Waals surface area contributed by atoms with Crippen LogP contribution in [0.2, 0.25) is 5.02 Å². The molecule has 0 saturated carbocycles. The van der Waals surface area contributed by atoms with Crippen LogP contribution in [0, 0.1) is 11.2 Å². The van der Waals surface area contributed by atoms with Crippen LogP contribution in [-0.4, -0.2) is 17.8 Å². The fraction of sp³-hybridized carbons (Fsp3) is 0.188. The van der Waals surface area contributed by atoms with E-state index in [9.17, 15) is 4.39 Å². The molecule has 0 bridgehead atoms. The predicted octanol–water partition coefficient (Wildman–Crippen LogP) is 3.40. The zero-order valence-corrected chi connectivity index (χ0v) is 12.5. The molecule has 0 saturated heterocycles. The van der Waals surface area contributed by atoms with Gasteiger partial charge < -0.3 is 5.73 Å². The second-order valence-corrected chi connectivity index (χ2v) is 5.46. The molecule has 110 valence electrons. The molecule has 3 nitrogen and oxygen atoms in total. The Morgan fingerprint density at radius 1 is 1.19 bits per heavy atom. The molecule has 0 heterocycles. The van der Waals surface area contributed by atoms with Crippen molar-refractivity contribution in [2.45, 2.75) is 13.1 Å². The van der Waals surface area contributed by atoms with E-state index >= 15 is 0 Å². The van der Waals surface area contributed by atoms with E-state index in [2.05, 4.69) is 0 Å². The zero-order valence-electron chi connectivity index (χ0n) is 11.7. The van der Waals surface area contributed by atoms with E-state index in [1.165, 1.54) is 6.07 Å². The average molecular weight is 306 g/mol. The molecule has 0 amide bonds. The van der Waals surface area contributed by atoms with Gasteiger partial charge in [-0.2, -0.15) is 0 Å². The third-order valence-electron chi connectivity index (χ3n) is 3.17. The number of rotatable bonds is 5. The van der Waals surface area contributed by atoms with E-state index in [-0.39, 0.29) is 11.7 Å². The lowest BCUT2D eigenvalue weighted by Gasteiger charge is -2.17. The number of nitrogens with one attached hydrogen (secondary N) is 1. The molecule has 3 N–H and O–H groups in total. The Bertz CT molecular complexity index is 640. The van der Waals surface area contributed by atoms with Crippen molar-refractivity contribution in [1.82, 2.24) is 4.90 Å². The SMILES string of the molecule is CN(Cc1ccc(Cl)cc1)Cc1ccc(C(=N)N)cc1F. The normalized spacial score (nSPS) is 10.9. The summed E-state index contributed by atoms with van der Waals surface area (Å²) in [6, 6.07) is 12.2. The molecule has 0 aliphatic heterocycles. The Morgan fingerprint density at radius 2 is 1.86 bits per heavy atom. The highest BCUT2D eigenvalue weighted by Crippen LogP contribution is 2.15. The number of nitrogens with two attached hydrogens (primary N) is 1. The Labute approximate surface area is 128 Å². The van der Waals surface area contributed by atoms with Gasteiger partial charge in [0.05, 0.1) is 0 Å². The molecule has 0 unspecified atom stereocenters. The molecule has 0 atom stereocenters. The standard InChI is InChI=1S/C16H17ClFN3/c1-21(9-11-2-6-14(17)7-3-11)10-13-5-4-12(16(19)20)8-15(13)18/h2-8H,9-10H2,1H3,(H3,19,20). The molecular formula is C16H17ClFN3. The molecule has 5 heteroatoms. The Balaban J connectivity index is 2.04. The van der Waals surface area contributed by atoms with Gasteiger partial charge in [0.2, 0.25) is 0 Å². The highest BCUT2D eigenvalue weighted by molar-refractivity contribution is 6.30. The van der Waals surface area contributed by atoms with Gasteiger partial charge in [-0.15, -0.1) is 0 Å². The summed E-state index contributed by atoms with van der Waals surface area (Å²) in [5.41, 5.74) is 7.44. The van der Waals surface area contributed by atoms with Crippen molar-refractivity contribution < 1.29 is 4.39 Å². The number of nitrogens with zero attached hydrogens (tertiary/aromatic N) is 1. The first-order valence-corrected chi connectivity index (χ1v) is 6.89. The van der Waals surface area contributed by atoms with Crippen molar-refractivity contribution in [3.63, 3.8) is 0 Å². The molecule has 0 radical (unpaired) electrons. The summed E-state index contributed by atoms with van der Waals surface area (Å²) in [5.74, 6) is -0.472. The molecule has 21 heavy (non-hydrogen) atoms. The van der Waals surface area contributed by atoms with Gasteiger partial charge in [-0.05, 0) is 30.8 Å². The van der Waals surface area contributed by atoms with Gasteiger partial charge in [0.25, 0.3) is 0 Å². The molecule has 0 fully saturated rings. The summed E-state index contributed by atoms with van der Waals surface area (Å²) >= 11 is 5.85. The predicted molar refractivity (Wildman–Crippen MR) is 84.0 cm³/mol. The van der Waals surface area contributed by atoms with Gasteiger partial charge in [0, 0.05) is 29.2 Å². The number of halogens is 2. The summed E-state index contributed by atoms with van der Waals surface area (Å²) in [6.45, 7) is 1.18. The topological polar surface area (TPSA) is 53.1 Å². The second-order valence-electron chi connectivity index (χ2n) is 5.02. The Morgan fingerprint density at radius 3 is 2.43 bits per heavy atom. The number of hydrogen-bond donors (Lipinski definition) is 2. The monoisotopic (exact) mass is 305 g/mol. The van der Waals surface area contributed by atoms with Gasteiger partial charge in [0.1, 0.15) is 11.7 Å². The lowest BCUT2D eigenvalue weighted by molar-refractivity contribution is 0.313. The number of hydrogen-bond acceptors (Lipinski definition) is 2.